The molecule has 16 heavy (non-hydrogen) atoms. The van der Waals surface area contributed by atoms with Crippen molar-refractivity contribution in [1.82, 2.24) is 4.98 Å². The maximum Gasteiger partial charge on any atom is 0.203 e. The lowest BCUT2D eigenvalue weighted by molar-refractivity contribution is 0.417. The molecule has 1 aromatic heterocycles. The Kier molecular flexibility index (Phi) is 2.68. The first-order chi connectivity index (χ1) is 7.68. The molecule has 5 heteroatoms. The standard InChI is InChI=1S/C11H8F2N2O/c12-8-3-4-9(14)11(10(8)13)16-7-2-1-5-15-6-7/h1-6H,14H2. The highest BCUT2D eigenvalue weighted by molar-refractivity contribution is 5.54. The summed E-state index contributed by atoms with van der Waals surface area (Å²) in [6.45, 7) is 0. The van der Waals surface area contributed by atoms with Gasteiger partial charge in [0.05, 0.1) is 11.9 Å². The van der Waals surface area contributed by atoms with E-state index in [1.807, 2.05) is 0 Å². The molecule has 1 aromatic carbocycles. The first-order valence-corrected chi connectivity index (χ1v) is 4.50. The summed E-state index contributed by atoms with van der Waals surface area (Å²) in [6.07, 6.45) is 2.92. The molecule has 0 aliphatic carbocycles. The largest absolute Gasteiger partial charge is 0.450 e. The topological polar surface area (TPSA) is 48.1 Å². The molecule has 3 nitrogen and oxygen atoms in total. The molecule has 0 bridgehead atoms. The van der Waals surface area contributed by atoms with E-state index in [1.54, 1.807) is 12.1 Å². The Hall–Kier alpha value is -2.17. The van der Waals surface area contributed by atoms with Crippen LogP contribution in [0, 0.1) is 11.6 Å². The van der Waals surface area contributed by atoms with Crippen LogP contribution in [0.2, 0.25) is 0 Å². The summed E-state index contributed by atoms with van der Waals surface area (Å²) in [6, 6.07) is 5.37. The molecule has 0 saturated carbocycles. The fraction of sp³-hybridized carbons (Fsp3) is 0. The number of nitrogens with zero attached hydrogens (tertiary/aromatic N) is 1. The molecule has 0 amide bonds. The number of nitrogens with two attached hydrogens (primary N) is 1. The van der Waals surface area contributed by atoms with Crippen LogP contribution in [0.4, 0.5) is 14.5 Å². The van der Waals surface area contributed by atoms with Gasteiger partial charge in [-0.3, -0.25) is 4.98 Å². The van der Waals surface area contributed by atoms with Gasteiger partial charge in [0.2, 0.25) is 5.82 Å². The minimum Gasteiger partial charge on any atom is -0.450 e. The van der Waals surface area contributed by atoms with Crippen LogP contribution in [-0.4, -0.2) is 4.98 Å². The Labute approximate surface area is 90.5 Å². The molecule has 0 fully saturated rings. The predicted molar refractivity (Wildman–Crippen MR) is 55.1 cm³/mol. The zero-order chi connectivity index (χ0) is 11.5. The smallest absolute Gasteiger partial charge is 0.203 e. The second-order valence-electron chi connectivity index (χ2n) is 3.07. The lowest BCUT2D eigenvalue weighted by atomic mass is 10.2. The van der Waals surface area contributed by atoms with E-state index in [1.165, 1.54) is 18.5 Å². The second kappa shape index (κ2) is 4.14. The normalized spacial score (nSPS) is 10.1. The van der Waals surface area contributed by atoms with Crippen LogP contribution in [-0.2, 0) is 0 Å². The number of anilines is 1. The third-order valence-electron chi connectivity index (χ3n) is 1.93. The van der Waals surface area contributed by atoms with E-state index in [9.17, 15) is 8.78 Å². The van der Waals surface area contributed by atoms with Gasteiger partial charge in [-0.2, -0.15) is 4.39 Å². The fourth-order valence-electron chi connectivity index (χ4n) is 1.18. The molecule has 2 aromatic rings. The van der Waals surface area contributed by atoms with E-state index in [-0.39, 0.29) is 11.4 Å². The number of benzene rings is 1. The van der Waals surface area contributed by atoms with Crippen molar-refractivity contribution in [3.05, 3.63) is 48.3 Å². The van der Waals surface area contributed by atoms with E-state index in [0.717, 1.165) is 6.07 Å². The van der Waals surface area contributed by atoms with Crippen LogP contribution in [0.3, 0.4) is 0 Å². The SMILES string of the molecule is Nc1ccc(F)c(F)c1Oc1cccnc1. The number of aromatic nitrogens is 1. The van der Waals surface area contributed by atoms with E-state index in [2.05, 4.69) is 4.98 Å². The van der Waals surface area contributed by atoms with Crippen molar-refractivity contribution in [2.45, 2.75) is 0 Å². The van der Waals surface area contributed by atoms with Crippen LogP contribution < -0.4 is 10.5 Å². The molecule has 0 unspecified atom stereocenters. The Bertz CT molecular complexity index is 503. The molecule has 0 aliphatic rings. The first-order valence-electron chi connectivity index (χ1n) is 4.50. The molecule has 0 aliphatic heterocycles. The van der Waals surface area contributed by atoms with Crippen molar-refractivity contribution in [2.75, 3.05) is 5.73 Å². The number of nitrogen functional groups attached to an aromatic ring is 1. The van der Waals surface area contributed by atoms with Gasteiger partial charge < -0.3 is 10.5 Å². The summed E-state index contributed by atoms with van der Waals surface area (Å²) >= 11 is 0. The molecular formula is C11H8F2N2O. The number of halogens is 2. The van der Waals surface area contributed by atoms with Crippen LogP contribution in [0.25, 0.3) is 0 Å². The maximum atomic E-state index is 13.3. The molecule has 0 saturated heterocycles. The summed E-state index contributed by atoms with van der Waals surface area (Å²) in [5.41, 5.74) is 5.52. The van der Waals surface area contributed by atoms with Gasteiger partial charge in [0.25, 0.3) is 0 Å². The highest BCUT2D eigenvalue weighted by Crippen LogP contribution is 2.31. The number of pyridine rings is 1. The van der Waals surface area contributed by atoms with Gasteiger partial charge in [0.1, 0.15) is 5.75 Å². The number of hydrogen-bond donors (Lipinski definition) is 1. The maximum absolute atomic E-state index is 13.3. The van der Waals surface area contributed by atoms with Crippen molar-refractivity contribution in [3.8, 4) is 11.5 Å². The van der Waals surface area contributed by atoms with Gasteiger partial charge in [-0.15, -0.1) is 0 Å². The van der Waals surface area contributed by atoms with Gasteiger partial charge in [-0.1, -0.05) is 0 Å². The summed E-state index contributed by atoms with van der Waals surface area (Å²) in [7, 11) is 0. The van der Waals surface area contributed by atoms with Crippen LogP contribution in [0.15, 0.2) is 36.7 Å². The van der Waals surface area contributed by atoms with E-state index < -0.39 is 11.6 Å². The molecular weight excluding hydrogens is 214 g/mol. The molecule has 82 valence electrons. The number of rotatable bonds is 2. The fourth-order valence-corrected chi connectivity index (χ4v) is 1.18. The quantitative estimate of drug-likeness (QED) is 0.795. The summed E-state index contributed by atoms with van der Waals surface area (Å²) in [5, 5.41) is 0. The van der Waals surface area contributed by atoms with E-state index in [0.29, 0.717) is 5.75 Å². The van der Waals surface area contributed by atoms with Crippen LogP contribution in [0.5, 0.6) is 11.5 Å². The Balaban J connectivity index is 2.38. The van der Waals surface area contributed by atoms with Gasteiger partial charge in [0, 0.05) is 6.20 Å². The lowest BCUT2D eigenvalue weighted by Gasteiger charge is -2.09. The van der Waals surface area contributed by atoms with Crippen LogP contribution in [0.1, 0.15) is 0 Å². The highest BCUT2D eigenvalue weighted by atomic mass is 19.2. The average molecular weight is 222 g/mol. The Morgan fingerprint density at radius 2 is 2.00 bits per heavy atom. The Morgan fingerprint density at radius 3 is 2.69 bits per heavy atom. The predicted octanol–water partition coefficient (Wildman–Crippen LogP) is 2.73. The molecule has 0 radical (unpaired) electrons. The average Bonchev–Trinajstić information content (AvgIpc) is 2.31. The molecule has 2 N–H and O–H groups in total. The van der Waals surface area contributed by atoms with Gasteiger partial charge in [0.15, 0.2) is 11.6 Å². The van der Waals surface area contributed by atoms with Crippen molar-refractivity contribution < 1.29 is 13.5 Å². The first kappa shape index (κ1) is 10.4. The zero-order valence-electron chi connectivity index (χ0n) is 8.15. The van der Waals surface area contributed by atoms with Gasteiger partial charge in [-0.25, -0.2) is 4.39 Å². The third kappa shape index (κ3) is 1.93. The third-order valence-corrected chi connectivity index (χ3v) is 1.93. The summed E-state index contributed by atoms with van der Waals surface area (Å²) in [4.78, 5) is 3.78. The minimum absolute atomic E-state index is 0.0303. The number of ether oxygens (including phenoxy) is 1. The van der Waals surface area contributed by atoms with Gasteiger partial charge >= 0.3 is 0 Å². The molecule has 1 heterocycles. The Morgan fingerprint density at radius 1 is 1.19 bits per heavy atom. The lowest BCUT2D eigenvalue weighted by Crippen LogP contribution is -1.97. The van der Waals surface area contributed by atoms with Gasteiger partial charge in [-0.05, 0) is 24.3 Å². The summed E-state index contributed by atoms with van der Waals surface area (Å²) in [5.74, 6) is -2.15. The second-order valence-corrected chi connectivity index (χ2v) is 3.07. The molecule has 0 spiro atoms. The van der Waals surface area contributed by atoms with E-state index >= 15 is 0 Å². The monoisotopic (exact) mass is 222 g/mol. The summed E-state index contributed by atoms with van der Waals surface area (Å²) < 4.78 is 31.4. The molecule has 2 rings (SSSR count). The van der Waals surface area contributed by atoms with E-state index in [4.69, 9.17) is 10.5 Å². The highest BCUT2D eigenvalue weighted by Gasteiger charge is 2.13. The van der Waals surface area contributed by atoms with Crippen LogP contribution >= 0.6 is 0 Å². The van der Waals surface area contributed by atoms with Crippen molar-refractivity contribution in [2.24, 2.45) is 0 Å². The zero-order valence-corrected chi connectivity index (χ0v) is 8.15. The minimum atomic E-state index is -1.11. The number of hydrogen-bond acceptors (Lipinski definition) is 3. The molecule has 0 atom stereocenters. The van der Waals surface area contributed by atoms with Crippen molar-refractivity contribution in [1.29, 1.82) is 0 Å². The van der Waals surface area contributed by atoms with Crippen molar-refractivity contribution >= 4 is 5.69 Å². The van der Waals surface area contributed by atoms with Crippen molar-refractivity contribution in [3.63, 3.8) is 0 Å².